The SMILES string of the molecule is CCOc1ccc(OCc2cccc(C(=O)Nc3cc(C)n(Cc4c(Cl)cccc4Cl)n3)c2)cc1. The monoisotopic (exact) mass is 509 g/mol. The van der Waals surface area contributed by atoms with Crippen LogP contribution >= 0.6 is 23.2 Å². The van der Waals surface area contributed by atoms with Gasteiger partial charge >= 0.3 is 0 Å². The van der Waals surface area contributed by atoms with E-state index < -0.39 is 0 Å². The molecule has 1 N–H and O–H groups in total. The summed E-state index contributed by atoms with van der Waals surface area (Å²) in [5, 5.41) is 8.51. The van der Waals surface area contributed by atoms with E-state index in [0.29, 0.717) is 41.2 Å². The summed E-state index contributed by atoms with van der Waals surface area (Å²) in [5.41, 5.74) is 3.04. The van der Waals surface area contributed by atoms with E-state index in [4.69, 9.17) is 32.7 Å². The lowest BCUT2D eigenvalue weighted by Gasteiger charge is -2.09. The van der Waals surface area contributed by atoms with E-state index in [9.17, 15) is 4.79 Å². The molecule has 0 aliphatic heterocycles. The van der Waals surface area contributed by atoms with Gasteiger partial charge in [-0.3, -0.25) is 9.48 Å². The van der Waals surface area contributed by atoms with Crippen molar-refractivity contribution in [2.75, 3.05) is 11.9 Å². The molecule has 1 heterocycles. The van der Waals surface area contributed by atoms with E-state index in [-0.39, 0.29) is 5.91 Å². The summed E-state index contributed by atoms with van der Waals surface area (Å²) in [6.45, 7) is 5.20. The van der Waals surface area contributed by atoms with Crippen LogP contribution < -0.4 is 14.8 Å². The first-order valence-electron chi connectivity index (χ1n) is 11.2. The molecule has 0 fully saturated rings. The number of benzene rings is 3. The molecule has 0 radical (unpaired) electrons. The van der Waals surface area contributed by atoms with Gasteiger partial charge in [-0.15, -0.1) is 0 Å². The highest BCUT2D eigenvalue weighted by Crippen LogP contribution is 2.26. The Kier molecular flexibility index (Phi) is 7.95. The van der Waals surface area contributed by atoms with Gasteiger partial charge in [0, 0.05) is 32.9 Å². The number of carbonyl (C=O) groups excluding carboxylic acids is 1. The number of nitrogens with zero attached hydrogens (tertiary/aromatic N) is 2. The zero-order chi connectivity index (χ0) is 24.8. The van der Waals surface area contributed by atoms with Crippen molar-refractivity contribution in [2.45, 2.75) is 27.0 Å². The van der Waals surface area contributed by atoms with E-state index in [0.717, 1.165) is 28.3 Å². The number of ether oxygens (including phenoxy) is 2. The van der Waals surface area contributed by atoms with Gasteiger partial charge in [0.25, 0.3) is 5.91 Å². The summed E-state index contributed by atoms with van der Waals surface area (Å²) in [4.78, 5) is 12.9. The van der Waals surface area contributed by atoms with E-state index in [1.807, 2.05) is 56.3 Å². The maximum absolute atomic E-state index is 12.9. The molecule has 0 spiro atoms. The third kappa shape index (κ3) is 6.35. The van der Waals surface area contributed by atoms with Crippen LogP contribution in [0.15, 0.2) is 72.8 Å². The average Bonchev–Trinajstić information content (AvgIpc) is 3.19. The van der Waals surface area contributed by atoms with E-state index in [1.54, 1.807) is 35.0 Å². The third-order valence-corrected chi connectivity index (χ3v) is 6.03. The largest absolute Gasteiger partial charge is 0.494 e. The van der Waals surface area contributed by atoms with Gasteiger partial charge in [-0.05, 0) is 67.9 Å². The third-order valence-electron chi connectivity index (χ3n) is 5.32. The van der Waals surface area contributed by atoms with Crippen molar-refractivity contribution < 1.29 is 14.3 Å². The van der Waals surface area contributed by atoms with Gasteiger partial charge in [0.2, 0.25) is 0 Å². The van der Waals surface area contributed by atoms with Gasteiger partial charge in [-0.1, -0.05) is 41.4 Å². The first-order chi connectivity index (χ1) is 16.9. The van der Waals surface area contributed by atoms with Gasteiger partial charge in [0.15, 0.2) is 5.82 Å². The van der Waals surface area contributed by atoms with Crippen LogP contribution in [0.3, 0.4) is 0 Å². The molecule has 4 rings (SSSR count). The summed E-state index contributed by atoms with van der Waals surface area (Å²) in [6, 6.07) is 21.9. The van der Waals surface area contributed by atoms with Crippen LogP contribution in [-0.2, 0) is 13.2 Å². The molecule has 6 nitrogen and oxygen atoms in total. The van der Waals surface area contributed by atoms with Crippen LogP contribution in [-0.4, -0.2) is 22.3 Å². The minimum absolute atomic E-state index is 0.256. The molecule has 8 heteroatoms. The lowest BCUT2D eigenvalue weighted by Crippen LogP contribution is -2.13. The van der Waals surface area contributed by atoms with Gasteiger partial charge in [-0.2, -0.15) is 5.10 Å². The molecule has 1 aromatic heterocycles. The highest BCUT2D eigenvalue weighted by molar-refractivity contribution is 6.36. The zero-order valence-electron chi connectivity index (χ0n) is 19.4. The molecule has 0 aliphatic carbocycles. The number of anilines is 1. The predicted molar refractivity (Wildman–Crippen MR) is 139 cm³/mol. The van der Waals surface area contributed by atoms with E-state index in [1.165, 1.54) is 0 Å². The topological polar surface area (TPSA) is 65.4 Å². The maximum atomic E-state index is 12.9. The molecule has 0 atom stereocenters. The number of nitrogens with one attached hydrogen (secondary N) is 1. The normalized spacial score (nSPS) is 10.7. The van der Waals surface area contributed by atoms with Crippen LogP contribution in [0.1, 0.15) is 34.1 Å². The summed E-state index contributed by atoms with van der Waals surface area (Å²) >= 11 is 12.6. The molecule has 0 bridgehead atoms. The summed E-state index contributed by atoms with van der Waals surface area (Å²) in [7, 11) is 0. The van der Waals surface area contributed by atoms with E-state index >= 15 is 0 Å². The summed E-state index contributed by atoms with van der Waals surface area (Å²) in [5.74, 6) is 1.72. The number of carbonyl (C=O) groups is 1. The Morgan fingerprint density at radius 1 is 0.943 bits per heavy atom. The van der Waals surface area contributed by atoms with Crippen LogP contribution in [0.25, 0.3) is 0 Å². The minimum Gasteiger partial charge on any atom is -0.494 e. The van der Waals surface area contributed by atoms with Gasteiger partial charge in [-0.25, -0.2) is 0 Å². The van der Waals surface area contributed by atoms with Crippen molar-refractivity contribution in [3.05, 3.63) is 105 Å². The summed E-state index contributed by atoms with van der Waals surface area (Å²) < 4.78 is 13.0. The van der Waals surface area contributed by atoms with Crippen molar-refractivity contribution in [2.24, 2.45) is 0 Å². The molecule has 3 aromatic carbocycles. The second-order valence-electron chi connectivity index (χ2n) is 7.88. The van der Waals surface area contributed by atoms with Gasteiger partial charge in [0.05, 0.1) is 13.2 Å². The molecule has 4 aromatic rings. The highest BCUT2D eigenvalue weighted by atomic mass is 35.5. The van der Waals surface area contributed by atoms with Crippen LogP contribution in [0, 0.1) is 6.92 Å². The molecule has 35 heavy (non-hydrogen) atoms. The molecule has 0 aliphatic rings. The number of halogens is 2. The molecular weight excluding hydrogens is 485 g/mol. The zero-order valence-corrected chi connectivity index (χ0v) is 20.9. The fraction of sp³-hybridized carbons (Fsp3) is 0.185. The Hall–Kier alpha value is -3.48. The Morgan fingerprint density at radius 2 is 1.60 bits per heavy atom. The van der Waals surface area contributed by atoms with Crippen LogP contribution in [0.5, 0.6) is 11.5 Å². The highest BCUT2D eigenvalue weighted by Gasteiger charge is 2.13. The Labute approximate surface area is 214 Å². The van der Waals surface area contributed by atoms with Gasteiger partial charge in [0.1, 0.15) is 18.1 Å². The van der Waals surface area contributed by atoms with Crippen LogP contribution in [0.2, 0.25) is 10.0 Å². The fourth-order valence-corrected chi connectivity index (χ4v) is 4.04. The van der Waals surface area contributed by atoms with Crippen LogP contribution in [0.4, 0.5) is 5.82 Å². The fourth-order valence-electron chi connectivity index (χ4n) is 3.52. The number of hydrogen-bond acceptors (Lipinski definition) is 4. The standard InChI is InChI=1S/C27H25Cl2N3O3/c1-3-34-21-10-12-22(13-11-21)35-17-19-6-4-7-20(15-19)27(33)30-26-14-18(2)32(31-26)16-23-24(28)8-5-9-25(23)29/h4-15H,3,16-17H2,1-2H3,(H,30,31,33). The number of amides is 1. The van der Waals surface area contributed by atoms with E-state index in [2.05, 4.69) is 10.4 Å². The maximum Gasteiger partial charge on any atom is 0.256 e. The molecule has 1 amide bonds. The lowest BCUT2D eigenvalue weighted by atomic mass is 10.1. The Morgan fingerprint density at radius 3 is 2.29 bits per heavy atom. The molecule has 0 saturated heterocycles. The Balaban J connectivity index is 1.39. The molecule has 0 unspecified atom stereocenters. The quantitative estimate of drug-likeness (QED) is 0.270. The lowest BCUT2D eigenvalue weighted by molar-refractivity contribution is 0.102. The first kappa shape index (κ1) is 24.6. The average molecular weight is 510 g/mol. The predicted octanol–water partition coefficient (Wildman–Crippen LogP) is 6.78. The Bertz CT molecular complexity index is 1300. The minimum atomic E-state index is -0.256. The number of aryl methyl sites for hydroxylation is 1. The second kappa shape index (κ2) is 11.3. The number of rotatable bonds is 9. The smallest absolute Gasteiger partial charge is 0.256 e. The molecule has 0 saturated carbocycles. The molecular formula is C27H25Cl2N3O3. The number of aromatic nitrogens is 2. The van der Waals surface area contributed by atoms with Crippen molar-refractivity contribution >= 4 is 34.9 Å². The molecule has 180 valence electrons. The van der Waals surface area contributed by atoms with Crippen molar-refractivity contribution in [1.29, 1.82) is 0 Å². The van der Waals surface area contributed by atoms with Crippen molar-refractivity contribution in [3.63, 3.8) is 0 Å². The van der Waals surface area contributed by atoms with Crippen molar-refractivity contribution in [3.8, 4) is 11.5 Å². The van der Waals surface area contributed by atoms with Gasteiger partial charge < -0.3 is 14.8 Å². The first-order valence-corrected chi connectivity index (χ1v) is 11.9. The summed E-state index contributed by atoms with van der Waals surface area (Å²) in [6.07, 6.45) is 0. The second-order valence-corrected chi connectivity index (χ2v) is 8.69. The number of hydrogen-bond donors (Lipinski definition) is 1. The van der Waals surface area contributed by atoms with Crippen molar-refractivity contribution in [1.82, 2.24) is 9.78 Å².